The highest BCUT2D eigenvalue weighted by Gasteiger charge is 2.43. The molecule has 0 unspecified atom stereocenters. The van der Waals surface area contributed by atoms with E-state index in [0.29, 0.717) is 6.61 Å². The Balaban J connectivity index is 2.82. The standard InChI is InChI=1S/C9H13FO3/c1-4-5-12-7-6(10)8(11)13-9(7,2)3/h4-5H2,1-3H3. The molecule has 3 nitrogen and oxygen atoms in total. The zero-order valence-electron chi connectivity index (χ0n) is 8.02. The number of rotatable bonds is 3. The maximum atomic E-state index is 13.1. The summed E-state index contributed by atoms with van der Waals surface area (Å²) in [6.07, 6.45) is 0.765. The molecular formula is C9H13FO3. The van der Waals surface area contributed by atoms with Crippen molar-refractivity contribution in [2.24, 2.45) is 0 Å². The number of hydrogen-bond acceptors (Lipinski definition) is 3. The Morgan fingerprint density at radius 1 is 1.54 bits per heavy atom. The second-order valence-electron chi connectivity index (χ2n) is 3.39. The van der Waals surface area contributed by atoms with Crippen molar-refractivity contribution in [3.05, 3.63) is 11.6 Å². The fourth-order valence-corrected chi connectivity index (χ4v) is 1.12. The molecule has 0 aromatic rings. The summed E-state index contributed by atoms with van der Waals surface area (Å²) in [5.74, 6) is -1.83. The van der Waals surface area contributed by atoms with E-state index in [2.05, 4.69) is 0 Å². The first-order valence-corrected chi connectivity index (χ1v) is 4.25. The summed E-state index contributed by atoms with van der Waals surface area (Å²) in [5.41, 5.74) is -0.962. The lowest BCUT2D eigenvalue weighted by atomic mass is 10.1. The van der Waals surface area contributed by atoms with E-state index >= 15 is 0 Å². The third-order valence-corrected chi connectivity index (χ3v) is 1.72. The third-order valence-electron chi connectivity index (χ3n) is 1.72. The molecule has 1 aliphatic heterocycles. The lowest BCUT2D eigenvalue weighted by Gasteiger charge is -2.20. The Morgan fingerprint density at radius 3 is 2.54 bits per heavy atom. The molecule has 0 N–H and O–H groups in total. The molecule has 0 spiro atoms. The van der Waals surface area contributed by atoms with Gasteiger partial charge in [0.2, 0.25) is 5.83 Å². The van der Waals surface area contributed by atoms with Gasteiger partial charge >= 0.3 is 5.97 Å². The highest BCUT2D eigenvalue weighted by molar-refractivity contribution is 5.90. The van der Waals surface area contributed by atoms with Crippen molar-refractivity contribution in [1.29, 1.82) is 0 Å². The van der Waals surface area contributed by atoms with Gasteiger partial charge in [0.1, 0.15) is 0 Å². The fourth-order valence-electron chi connectivity index (χ4n) is 1.12. The Kier molecular flexibility index (Phi) is 2.59. The first kappa shape index (κ1) is 10.0. The molecule has 1 heterocycles. The van der Waals surface area contributed by atoms with Gasteiger partial charge in [0.25, 0.3) is 0 Å². The van der Waals surface area contributed by atoms with Gasteiger partial charge in [-0.15, -0.1) is 0 Å². The topological polar surface area (TPSA) is 35.5 Å². The molecular weight excluding hydrogens is 175 g/mol. The first-order valence-electron chi connectivity index (χ1n) is 4.25. The lowest BCUT2D eigenvalue weighted by molar-refractivity contribution is -0.146. The van der Waals surface area contributed by atoms with Gasteiger partial charge in [-0.1, -0.05) is 6.92 Å². The van der Waals surface area contributed by atoms with Gasteiger partial charge in [-0.05, 0) is 20.3 Å². The van der Waals surface area contributed by atoms with Crippen LogP contribution < -0.4 is 0 Å². The quantitative estimate of drug-likeness (QED) is 0.635. The van der Waals surface area contributed by atoms with Crippen LogP contribution in [-0.4, -0.2) is 18.2 Å². The van der Waals surface area contributed by atoms with Gasteiger partial charge < -0.3 is 9.47 Å². The van der Waals surface area contributed by atoms with E-state index in [4.69, 9.17) is 9.47 Å². The van der Waals surface area contributed by atoms with Crippen LogP contribution in [0.3, 0.4) is 0 Å². The fraction of sp³-hybridized carbons (Fsp3) is 0.667. The Bertz CT molecular complexity index is 256. The Morgan fingerprint density at radius 2 is 2.15 bits per heavy atom. The molecule has 0 aliphatic carbocycles. The van der Waals surface area contributed by atoms with Crippen molar-refractivity contribution >= 4 is 5.97 Å². The van der Waals surface area contributed by atoms with Crippen molar-refractivity contribution < 1.29 is 18.7 Å². The Hall–Kier alpha value is -1.06. The predicted molar refractivity (Wildman–Crippen MR) is 44.5 cm³/mol. The largest absolute Gasteiger partial charge is 0.490 e. The average molecular weight is 188 g/mol. The van der Waals surface area contributed by atoms with Gasteiger partial charge in [0.15, 0.2) is 11.4 Å². The van der Waals surface area contributed by atoms with Crippen LogP contribution in [0.15, 0.2) is 11.6 Å². The molecule has 0 aromatic carbocycles. The minimum absolute atomic E-state index is 0.0133. The zero-order chi connectivity index (χ0) is 10.1. The smallest absolute Gasteiger partial charge is 0.371 e. The summed E-state index contributed by atoms with van der Waals surface area (Å²) < 4.78 is 22.9. The highest BCUT2D eigenvalue weighted by atomic mass is 19.1. The van der Waals surface area contributed by atoms with E-state index in [-0.39, 0.29) is 5.76 Å². The van der Waals surface area contributed by atoms with Gasteiger partial charge in [0.05, 0.1) is 6.61 Å². The van der Waals surface area contributed by atoms with E-state index in [1.807, 2.05) is 6.92 Å². The number of halogens is 1. The number of hydrogen-bond donors (Lipinski definition) is 0. The van der Waals surface area contributed by atoms with Crippen molar-refractivity contribution in [2.45, 2.75) is 32.8 Å². The van der Waals surface area contributed by atoms with Crippen LogP contribution in [0.25, 0.3) is 0 Å². The molecule has 0 bridgehead atoms. The monoisotopic (exact) mass is 188 g/mol. The van der Waals surface area contributed by atoms with Crippen molar-refractivity contribution in [3.8, 4) is 0 Å². The first-order chi connectivity index (χ1) is 5.99. The second kappa shape index (κ2) is 3.36. The molecule has 4 heteroatoms. The summed E-state index contributed by atoms with van der Waals surface area (Å²) in [6, 6.07) is 0. The number of ether oxygens (including phenoxy) is 2. The van der Waals surface area contributed by atoms with Gasteiger partial charge in [-0.3, -0.25) is 0 Å². The van der Waals surface area contributed by atoms with E-state index < -0.39 is 17.4 Å². The molecule has 0 aromatic heterocycles. The van der Waals surface area contributed by atoms with Crippen molar-refractivity contribution in [1.82, 2.24) is 0 Å². The maximum absolute atomic E-state index is 13.1. The van der Waals surface area contributed by atoms with Crippen molar-refractivity contribution in [3.63, 3.8) is 0 Å². The number of esters is 1. The summed E-state index contributed by atoms with van der Waals surface area (Å²) in [5, 5.41) is 0. The number of carbonyl (C=O) groups excluding carboxylic acids is 1. The second-order valence-corrected chi connectivity index (χ2v) is 3.39. The highest BCUT2D eigenvalue weighted by Crippen LogP contribution is 2.33. The minimum atomic E-state index is -0.962. The molecule has 1 aliphatic rings. The summed E-state index contributed by atoms with van der Waals surface area (Å²) in [7, 11) is 0. The molecule has 13 heavy (non-hydrogen) atoms. The number of cyclic esters (lactones) is 1. The predicted octanol–water partition coefficient (Wildman–Crippen LogP) is 1.93. The van der Waals surface area contributed by atoms with E-state index in [9.17, 15) is 9.18 Å². The van der Waals surface area contributed by atoms with Crippen LogP contribution in [0.1, 0.15) is 27.2 Å². The van der Waals surface area contributed by atoms with Crippen LogP contribution in [-0.2, 0) is 14.3 Å². The molecule has 0 saturated carbocycles. The molecule has 0 fully saturated rings. The summed E-state index contributed by atoms with van der Waals surface area (Å²) in [4.78, 5) is 10.8. The molecule has 0 amide bonds. The lowest BCUT2D eigenvalue weighted by Crippen LogP contribution is -2.24. The van der Waals surface area contributed by atoms with Crippen LogP contribution in [0, 0.1) is 0 Å². The van der Waals surface area contributed by atoms with Crippen molar-refractivity contribution in [2.75, 3.05) is 6.61 Å². The zero-order valence-corrected chi connectivity index (χ0v) is 8.02. The third kappa shape index (κ3) is 1.82. The maximum Gasteiger partial charge on any atom is 0.371 e. The minimum Gasteiger partial charge on any atom is -0.490 e. The van der Waals surface area contributed by atoms with E-state index in [1.54, 1.807) is 13.8 Å². The van der Waals surface area contributed by atoms with E-state index in [1.165, 1.54) is 0 Å². The molecule has 0 atom stereocenters. The van der Waals surface area contributed by atoms with Crippen LogP contribution in [0.4, 0.5) is 4.39 Å². The molecule has 0 radical (unpaired) electrons. The molecule has 74 valence electrons. The van der Waals surface area contributed by atoms with Crippen LogP contribution in [0.5, 0.6) is 0 Å². The summed E-state index contributed by atoms with van der Waals surface area (Å²) >= 11 is 0. The van der Waals surface area contributed by atoms with E-state index in [0.717, 1.165) is 6.42 Å². The molecule has 1 rings (SSSR count). The number of carbonyl (C=O) groups is 1. The Labute approximate surface area is 76.5 Å². The molecule has 0 saturated heterocycles. The van der Waals surface area contributed by atoms with Gasteiger partial charge in [-0.25, -0.2) is 4.79 Å². The van der Waals surface area contributed by atoms with Gasteiger partial charge in [-0.2, -0.15) is 4.39 Å². The van der Waals surface area contributed by atoms with Crippen LogP contribution in [0.2, 0.25) is 0 Å². The normalized spacial score (nSPS) is 20.5. The van der Waals surface area contributed by atoms with Crippen LogP contribution >= 0.6 is 0 Å². The average Bonchev–Trinajstić information content (AvgIpc) is 2.20. The SMILES string of the molecule is CCCOC1=C(F)C(=O)OC1(C)C. The summed E-state index contributed by atoms with van der Waals surface area (Å²) in [6.45, 7) is 5.50. The van der Waals surface area contributed by atoms with Gasteiger partial charge in [0, 0.05) is 0 Å².